The number of hydrogen-bond acceptors (Lipinski definition) is 4. The Hall–Kier alpha value is -1.16. The monoisotopic (exact) mass is 541 g/mol. The number of hydrogen-bond donors (Lipinski definition) is 2. The molecule has 1 atom stereocenters. The zero-order chi connectivity index (χ0) is 20.5. The molecule has 1 saturated heterocycles. The fraction of sp³-hybridized carbons (Fsp3) is 0.522. The largest absolute Gasteiger partial charge is 0.356 e. The minimum atomic E-state index is 0. The van der Waals surface area contributed by atoms with Crippen molar-refractivity contribution in [1.82, 2.24) is 20.4 Å². The molecule has 1 aromatic carbocycles. The van der Waals surface area contributed by atoms with Crippen molar-refractivity contribution < 1.29 is 0 Å². The summed E-state index contributed by atoms with van der Waals surface area (Å²) in [6.45, 7) is 9.68. The molecule has 0 spiro atoms. The van der Waals surface area contributed by atoms with Crippen molar-refractivity contribution in [2.75, 3.05) is 46.8 Å². The molecule has 2 heterocycles. The fourth-order valence-electron chi connectivity index (χ4n) is 3.61. The summed E-state index contributed by atoms with van der Waals surface area (Å²) in [7, 11) is 4.05. The number of rotatable bonds is 7. The lowest BCUT2D eigenvalue weighted by molar-refractivity contribution is 0.269. The van der Waals surface area contributed by atoms with E-state index < -0.39 is 0 Å². The molecule has 0 radical (unpaired) electrons. The normalized spacial score (nSPS) is 17.1. The average molecular weight is 542 g/mol. The number of nitrogens with one attached hydrogen (secondary N) is 2. The first-order valence-corrected chi connectivity index (χ1v) is 11.5. The van der Waals surface area contributed by atoms with Gasteiger partial charge < -0.3 is 15.5 Å². The Morgan fingerprint density at radius 2 is 1.83 bits per heavy atom. The lowest BCUT2D eigenvalue weighted by Crippen LogP contribution is -2.38. The highest BCUT2D eigenvalue weighted by Gasteiger charge is 2.12. The summed E-state index contributed by atoms with van der Waals surface area (Å²) in [5, 5.41) is 9.00. The van der Waals surface area contributed by atoms with Crippen LogP contribution in [0.3, 0.4) is 0 Å². The van der Waals surface area contributed by atoms with Crippen LogP contribution in [0.25, 0.3) is 0 Å². The second-order valence-electron chi connectivity index (χ2n) is 7.97. The van der Waals surface area contributed by atoms with Crippen LogP contribution in [0.1, 0.15) is 35.3 Å². The van der Waals surface area contributed by atoms with Gasteiger partial charge in [-0.2, -0.15) is 0 Å². The maximum Gasteiger partial charge on any atom is 0.191 e. The molecule has 5 nitrogen and oxygen atoms in total. The third kappa shape index (κ3) is 8.17. The number of thiophene rings is 1. The van der Waals surface area contributed by atoms with Gasteiger partial charge in [0.25, 0.3) is 0 Å². The van der Waals surface area contributed by atoms with E-state index in [4.69, 9.17) is 0 Å². The Labute approximate surface area is 203 Å². The van der Waals surface area contributed by atoms with Gasteiger partial charge in [0.15, 0.2) is 5.96 Å². The van der Waals surface area contributed by atoms with Gasteiger partial charge in [0.2, 0.25) is 0 Å². The molecule has 0 saturated carbocycles. The van der Waals surface area contributed by atoms with Gasteiger partial charge in [-0.05, 0) is 49.1 Å². The van der Waals surface area contributed by atoms with E-state index in [1.54, 1.807) is 0 Å². The maximum absolute atomic E-state index is 4.35. The van der Waals surface area contributed by atoms with Crippen molar-refractivity contribution in [1.29, 1.82) is 0 Å². The smallest absolute Gasteiger partial charge is 0.191 e. The van der Waals surface area contributed by atoms with Crippen LogP contribution < -0.4 is 10.6 Å². The van der Waals surface area contributed by atoms with E-state index in [-0.39, 0.29) is 24.0 Å². The molecule has 2 N–H and O–H groups in total. The van der Waals surface area contributed by atoms with Crippen molar-refractivity contribution in [2.24, 2.45) is 4.99 Å². The predicted molar refractivity (Wildman–Crippen MR) is 140 cm³/mol. The second-order valence-corrected chi connectivity index (χ2v) is 8.95. The number of halogens is 1. The quantitative estimate of drug-likeness (QED) is 0.317. The summed E-state index contributed by atoms with van der Waals surface area (Å²) in [6, 6.07) is 13.3. The zero-order valence-electron chi connectivity index (χ0n) is 18.4. The molecular weight excluding hydrogens is 505 g/mol. The van der Waals surface area contributed by atoms with E-state index in [2.05, 4.69) is 81.2 Å². The fourth-order valence-corrected chi connectivity index (χ4v) is 4.39. The van der Waals surface area contributed by atoms with Crippen LogP contribution in [0.4, 0.5) is 0 Å². The van der Waals surface area contributed by atoms with E-state index >= 15 is 0 Å². The second kappa shape index (κ2) is 13.3. The molecule has 1 aliphatic heterocycles. The molecule has 1 unspecified atom stereocenters. The van der Waals surface area contributed by atoms with Crippen LogP contribution >= 0.6 is 35.3 Å². The van der Waals surface area contributed by atoms with Crippen LogP contribution in [0, 0.1) is 0 Å². The Kier molecular flexibility index (Phi) is 11.1. The Morgan fingerprint density at radius 1 is 1.07 bits per heavy atom. The molecule has 166 valence electrons. The summed E-state index contributed by atoms with van der Waals surface area (Å²) < 4.78 is 0. The van der Waals surface area contributed by atoms with Crippen molar-refractivity contribution in [3.8, 4) is 0 Å². The first kappa shape index (κ1) is 25.1. The molecule has 0 amide bonds. The van der Waals surface area contributed by atoms with Gasteiger partial charge in [-0.1, -0.05) is 37.3 Å². The Morgan fingerprint density at radius 3 is 2.53 bits per heavy atom. The molecule has 0 aliphatic carbocycles. The number of guanidine groups is 1. The first-order valence-electron chi connectivity index (χ1n) is 10.6. The highest BCUT2D eigenvalue weighted by Crippen LogP contribution is 2.19. The van der Waals surface area contributed by atoms with Gasteiger partial charge in [-0.15, -0.1) is 35.3 Å². The summed E-state index contributed by atoms with van der Waals surface area (Å²) in [5.41, 5.74) is 2.67. The molecule has 30 heavy (non-hydrogen) atoms. The summed E-state index contributed by atoms with van der Waals surface area (Å²) >= 11 is 1.81. The van der Waals surface area contributed by atoms with Crippen LogP contribution in [0.2, 0.25) is 0 Å². The van der Waals surface area contributed by atoms with E-state index in [1.807, 2.05) is 18.4 Å². The molecular formula is C23H36IN5S. The van der Waals surface area contributed by atoms with Gasteiger partial charge in [0.1, 0.15) is 0 Å². The molecule has 1 fully saturated rings. The van der Waals surface area contributed by atoms with E-state index in [0.29, 0.717) is 5.92 Å². The molecule has 1 aromatic heterocycles. The number of aliphatic imine (C=N–C) groups is 1. The first-order chi connectivity index (χ1) is 14.1. The predicted octanol–water partition coefficient (Wildman–Crippen LogP) is 3.97. The van der Waals surface area contributed by atoms with E-state index in [9.17, 15) is 0 Å². The van der Waals surface area contributed by atoms with Gasteiger partial charge in [0, 0.05) is 50.6 Å². The zero-order valence-corrected chi connectivity index (χ0v) is 21.6. The molecule has 0 bridgehead atoms. The average Bonchev–Trinajstić information content (AvgIpc) is 3.20. The van der Waals surface area contributed by atoms with Gasteiger partial charge in [-0.25, -0.2) is 0 Å². The highest BCUT2D eigenvalue weighted by molar-refractivity contribution is 14.0. The van der Waals surface area contributed by atoms with E-state index in [0.717, 1.165) is 32.1 Å². The summed E-state index contributed by atoms with van der Waals surface area (Å²) in [4.78, 5) is 10.8. The van der Waals surface area contributed by atoms with Gasteiger partial charge >= 0.3 is 0 Å². The SMILES string of the molecule is CN=C(NCc1ccc(CN2CCCN(C)CC2)cc1)NCC(C)c1cccs1.I. The third-order valence-electron chi connectivity index (χ3n) is 5.53. The van der Waals surface area contributed by atoms with Crippen LogP contribution in [0.5, 0.6) is 0 Å². The highest BCUT2D eigenvalue weighted by atomic mass is 127. The third-order valence-corrected chi connectivity index (χ3v) is 6.63. The van der Waals surface area contributed by atoms with Crippen LogP contribution in [-0.4, -0.2) is 62.6 Å². The Bertz CT molecular complexity index is 747. The maximum atomic E-state index is 4.35. The molecule has 1 aliphatic rings. The Balaban J connectivity index is 0.00000320. The van der Waals surface area contributed by atoms with Gasteiger partial charge in [-0.3, -0.25) is 9.89 Å². The van der Waals surface area contributed by atoms with E-state index in [1.165, 1.54) is 42.1 Å². The number of likely N-dealkylation sites (N-methyl/N-ethyl adjacent to an activating group) is 1. The molecule has 3 rings (SSSR count). The van der Waals surface area contributed by atoms with Crippen molar-refractivity contribution in [2.45, 2.75) is 32.4 Å². The lowest BCUT2D eigenvalue weighted by Gasteiger charge is -2.20. The number of benzene rings is 1. The van der Waals surface area contributed by atoms with Crippen molar-refractivity contribution in [3.63, 3.8) is 0 Å². The minimum absolute atomic E-state index is 0. The van der Waals surface area contributed by atoms with Crippen molar-refractivity contribution >= 4 is 41.3 Å². The van der Waals surface area contributed by atoms with Gasteiger partial charge in [0.05, 0.1) is 0 Å². The van der Waals surface area contributed by atoms with Crippen LogP contribution in [-0.2, 0) is 13.1 Å². The van der Waals surface area contributed by atoms with Crippen molar-refractivity contribution in [3.05, 3.63) is 57.8 Å². The number of nitrogens with zero attached hydrogens (tertiary/aromatic N) is 3. The summed E-state index contributed by atoms with van der Waals surface area (Å²) in [5.74, 6) is 1.33. The summed E-state index contributed by atoms with van der Waals surface area (Å²) in [6.07, 6.45) is 1.26. The molecule has 7 heteroatoms. The standard InChI is InChI=1S/C23H35N5S.HI/c1-19(22-6-4-15-29-22)16-25-23(24-2)26-17-20-7-9-21(10-8-20)18-28-12-5-11-27(3)13-14-28;/h4,6-10,15,19H,5,11-14,16-18H2,1-3H3,(H2,24,25,26);1H. The lowest BCUT2D eigenvalue weighted by atomic mass is 10.1. The topological polar surface area (TPSA) is 42.9 Å². The minimum Gasteiger partial charge on any atom is -0.356 e. The molecule has 2 aromatic rings. The van der Waals surface area contributed by atoms with Crippen LogP contribution in [0.15, 0.2) is 46.8 Å².